The first kappa shape index (κ1) is 17.8. The number of halogens is 1. The van der Waals surface area contributed by atoms with Crippen molar-refractivity contribution in [1.29, 1.82) is 0 Å². The Bertz CT molecular complexity index is 1010. The molecule has 2 heterocycles. The zero-order valence-electron chi connectivity index (χ0n) is 13.9. The van der Waals surface area contributed by atoms with Gasteiger partial charge in [0.15, 0.2) is 9.84 Å². The van der Waals surface area contributed by atoms with Crippen LogP contribution in [0, 0.1) is 5.82 Å². The summed E-state index contributed by atoms with van der Waals surface area (Å²) in [5, 5.41) is 3.01. The fourth-order valence-corrected chi connectivity index (χ4v) is 3.05. The van der Waals surface area contributed by atoms with Crippen LogP contribution in [0.3, 0.4) is 0 Å². The van der Waals surface area contributed by atoms with Gasteiger partial charge in [0.1, 0.15) is 22.3 Å². The lowest BCUT2D eigenvalue weighted by Crippen LogP contribution is -2.08. The molecule has 0 aliphatic carbocycles. The van der Waals surface area contributed by atoms with E-state index in [4.69, 9.17) is 4.74 Å². The molecule has 1 N–H and O–H groups in total. The van der Waals surface area contributed by atoms with Crippen LogP contribution in [0.4, 0.5) is 10.2 Å². The topological polar surface area (TPSA) is 81.2 Å². The molecular formula is C18H16FN3O3S. The molecule has 6 nitrogen and oxygen atoms in total. The molecule has 0 saturated carbocycles. The van der Waals surface area contributed by atoms with E-state index in [0.717, 1.165) is 11.8 Å². The van der Waals surface area contributed by atoms with Crippen molar-refractivity contribution in [2.45, 2.75) is 11.4 Å². The van der Waals surface area contributed by atoms with E-state index >= 15 is 0 Å². The van der Waals surface area contributed by atoms with E-state index in [9.17, 15) is 12.8 Å². The number of nitrogens with one attached hydrogen (secondary N) is 1. The Kier molecular flexibility index (Phi) is 5.13. The summed E-state index contributed by atoms with van der Waals surface area (Å²) in [4.78, 5) is 8.34. The van der Waals surface area contributed by atoms with Gasteiger partial charge in [-0.05, 0) is 48.0 Å². The van der Waals surface area contributed by atoms with E-state index in [0.29, 0.717) is 18.2 Å². The minimum absolute atomic E-state index is 0.136. The Labute approximate surface area is 150 Å². The van der Waals surface area contributed by atoms with Gasteiger partial charge in [-0.15, -0.1) is 0 Å². The maximum atomic E-state index is 12.9. The monoisotopic (exact) mass is 373 g/mol. The fraction of sp³-hybridized carbons (Fsp3) is 0.111. The highest BCUT2D eigenvalue weighted by Gasteiger charge is 2.13. The van der Waals surface area contributed by atoms with Crippen molar-refractivity contribution in [3.05, 3.63) is 72.3 Å². The number of pyridine rings is 2. The number of ether oxygens (including phenoxy) is 1. The summed E-state index contributed by atoms with van der Waals surface area (Å²) in [6.45, 7) is 0.335. The van der Waals surface area contributed by atoms with E-state index in [1.54, 1.807) is 24.4 Å². The van der Waals surface area contributed by atoms with E-state index in [1.807, 2.05) is 0 Å². The van der Waals surface area contributed by atoms with Crippen molar-refractivity contribution < 1.29 is 17.5 Å². The molecule has 0 aliphatic rings. The predicted octanol–water partition coefficient (Wildman–Crippen LogP) is 3.42. The van der Waals surface area contributed by atoms with Crippen LogP contribution in [0.1, 0.15) is 5.56 Å². The number of rotatable bonds is 6. The first-order valence-electron chi connectivity index (χ1n) is 7.69. The van der Waals surface area contributed by atoms with Gasteiger partial charge in [0.05, 0.1) is 0 Å². The molecule has 0 aliphatic heterocycles. The maximum Gasteiger partial charge on any atom is 0.219 e. The third-order valence-corrected chi connectivity index (χ3v) is 4.59. The molecule has 3 aromatic rings. The third kappa shape index (κ3) is 4.54. The number of aromatic nitrogens is 2. The summed E-state index contributed by atoms with van der Waals surface area (Å²) in [5.74, 6) is 0.751. The van der Waals surface area contributed by atoms with Crippen LogP contribution < -0.4 is 10.1 Å². The standard InChI is InChI=1S/C18H16FN3O3S/c1-26(23,24)16-3-2-9-21-18(16)22-12-13-8-10-20-17(11-13)25-15-6-4-14(19)5-7-15/h2-11H,12H2,1H3,(H,21,22). The minimum Gasteiger partial charge on any atom is -0.439 e. The number of sulfone groups is 1. The lowest BCUT2D eigenvalue weighted by molar-refractivity contribution is 0.460. The molecule has 2 aromatic heterocycles. The van der Waals surface area contributed by atoms with Gasteiger partial charge >= 0.3 is 0 Å². The van der Waals surface area contributed by atoms with Gasteiger partial charge in [0.2, 0.25) is 5.88 Å². The molecule has 0 amide bonds. The second-order valence-corrected chi connectivity index (χ2v) is 7.52. The summed E-state index contributed by atoms with van der Waals surface area (Å²) >= 11 is 0. The number of hydrogen-bond acceptors (Lipinski definition) is 6. The molecule has 0 spiro atoms. The lowest BCUT2D eigenvalue weighted by atomic mass is 10.2. The Morgan fingerprint density at radius 3 is 2.58 bits per heavy atom. The van der Waals surface area contributed by atoms with Crippen molar-refractivity contribution in [3.63, 3.8) is 0 Å². The van der Waals surface area contributed by atoms with E-state index in [1.165, 1.54) is 36.5 Å². The molecule has 0 bridgehead atoms. The maximum absolute atomic E-state index is 12.9. The van der Waals surface area contributed by atoms with Crippen LogP contribution in [0.2, 0.25) is 0 Å². The van der Waals surface area contributed by atoms with Crippen LogP contribution in [0.25, 0.3) is 0 Å². The van der Waals surface area contributed by atoms with Crippen molar-refractivity contribution >= 4 is 15.7 Å². The lowest BCUT2D eigenvalue weighted by Gasteiger charge is -2.10. The van der Waals surface area contributed by atoms with Crippen LogP contribution >= 0.6 is 0 Å². The largest absolute Gasteiger partial charge is 0.439 e. The average Bonchev–Trinajstić information content (AvgIpc) is 2.62. The summed E-state index contributed by atoms with van der Waals surface area (Å²) < 4.78 is 42.1. The Morgan fingerprint density at radius 1 is 1.08 bits per heavy atom. The van der Waals surface area contributed by atoms with Gasteiger partial charge in [-0.3, -0.25) is 0 Å². The van der Waals surface area contributed by atoms with Crippen LogP contribution in [-0.2, 0) is 16.4 Å². The molecule has 3 rings (SSSR count). The predicted molar refractivity (Wildman–Crippen MR) is 95.4 cm³/mol. The van der Waals surface area contributed by atoms with Gasteiger partial charge in [0.25, 0.3) is 0 Å². The molecule has 0 unspecified atom stereocenters. The molecule has 1 aromatic carbocycles. The molecule has 0 fully saturated rings. The third-order valence-electron chi connectivity index (χ3n) is 3.47. The highest BCUT2D eigenvalue weighted by Crippen LogP contribution is 2.22. The number of anilines is 1. The van der Waals surface area contributed by atoms with Crippen LogP contribution in [-0.4, -0.2) is 24.6 Å². The Balaban J connectivity index is 1.73. The highest BCUT2D eigenvalue weighted by atomic mass is 32.2. The molecule has 26 heavy (non-hydrogen) atoms. The van der Waals surface area contributed by atoms with Crippen molar-refractivity contribution in [2.24, 2.45) is 0 Å². The first-order valence-corrected chi connectivity index (χ1v) is 9.58. The molecular weight excluding hydrogens is 357 g/mol. The Hall–Kier alpha value is -3.00. The van der Waals surface area contributed by atoms with Crippen molar-refractivity contribution in [1.82, 2.24) is 9.97 Å². The Morgan fingerprint density at radius 2 is 1.85 bits per heavy atom. The van der Waals surface area contributed by atoms with Crippen molar-refractivity contribution in [3.8, 4) is 11.6 Å². The van der Waals surface area contributed by atoms with Crippen molar-refractivity contribution in [2.75, 3.05) is 11.6 Å². The smallest absolute Gasteiger partial charge is 0.219 e. The number of benzene rings is 1. The second kappa shape index (κ2) is 7.49. The van der Waals surface area contributed by atoms with Gasteiger partial charge in [-0.1, -0.05) is 0 Å². The first-order chi connectivity index (χ1) is 12.4. The molecule has 0 atom stereocenters. The summed E-state index contributed by atoms with van der Waals surface area (Å²) in [6, 6.07) is 12.2. The van der Waals surface area contributed by atoms with Gasteiger partial charge in [0, 0.05) is 31.3 Å². The number of hydrogen-bond donors (Lipinski definition) is 1. The minimum atomic E-state index is -3.38. The normalized spacial score (nSPS) is 11.2. The summed E-state index contributed by atoms with van der Waals surface area (Å²) in [6.07, 6.45) is 4.23. The average molecular weight is 373 g/mol. The SMILES string of the molecule is CS(=O)(=O)c1cccnc1NCc1ccnc(Oc2ccc(F)cc2)c1. The number of nitrogens with zero attached hydrogens (tertiary/aromatic N) is 2. The van der Waals surface area contributed by atoms with Gasteiger partial charge in [-0.2, -0.15) is 0 Å². The molecule has 0 saturated heterocycles. The quantitative estimate of drug-likeness (QED) is 0.713. The van der Waals surface area contributed by atoms with E-state index in [2.05, 4.69) is 15.3 Å². The van der Waals surface area contributed by atoms with Crippen LogP contribution in [0.15, 0.2) is 65.8 Å². The van der Waals surface area contributed by atoms with E-state index < -0.39 is 9.84 Å². The zero-order valence-corrected chi connectivity index (χ0v) is 14.7. The van der Waals surface area contributed by atoms with E-state index in [-0.39, 0.29) is 16.5 Å². The fourth-order valence-electron chi connectivity index (χ4n) is 2.25. The molecule has 134 valence electrons. The van der Waals surface area contributed by atoms with Crippen LogP contribution in [0.5, 0.6) is 11.6 Å². The van der Waals surface area contributed by atoms with Gasteiger partial charge in [-0.25, -0.2) is 22.8 Å². The molecule has 0 radical (unpaired) electrons. The summed E-state index contributed by atoms with van der Waals surface area (Å²) in [7, 11) is -3.38. The second-order valence-electron chi connectivity index (χ2n) is 5.53. The molecule has 8 heteroatoms. The summed E-state index contributed by atoms with van der Waals surface area (Å²) in [5.41, 5.74) is 0.821. The highest BCUT2D eigenvalue weighted by molar-refractivity contribution is 7.90. The zero-order chi connectivity index (χ0) is 18.6. The van der Waals surface area contributed by atoms with Gasteiger partial charge < -0.3 is 10.1 Å².